The minimum absolute atomic E-state index is 0.0612. The smallest absolute Gasteiger partial charge is 0.325 e. The summed E-state index contributed by atoms with van der Waals surface area (Å²) in [6.45, 7) is -0.756. The second-order valence-electron chi connectivity index (χ2n) is 8.89. The van der Waals surface area contributed by atoms with E-state index in [1.807, 2.05) is 0 Å². The molecule has 30 heavy (non-hydrogen) atoms. The van der Waals surface area contributed by atoms with Gasteiger partial charge in [-0.3, -0.25) is 24.5 Å². The van der Waals surface area contributed by atoms with Crippen molar-refractivity contribution in [3.63, 3.8) is 0 Å². The maximum absolute atomic E-state index is 12.8. The Balaban J connectivity index is 1.20. The molecule has 0 saturated heterocycles. The number of amides is 2. The first-order chi connectivity index (χ1) is 14.3. The molecule has 0 radical (unpaired) electrons. The van der Waals surface area contributed by atoms with Gasteiger partial charge in [0.05, 0.1) is 4.92 Å². The average molecular weight is 415 g/mol. The summed E-state index contributed by atoms with van der Waals surface area (Å²) in [5, 5.41) is 15.8. The van der Waals surface area contributed by atoms with Crippen LogP contribution in [0.4, 0.5) is 11.4 Å². The van der Waals surface area contributed by atoms with E-state index in [1.165, 1.54) is 43.5 Å². The van der Waals surface area contributed by atoms with Gasteiger partial charge < -0.3 is 15.4 Å². The van der Waals surface area contributed by atoms with Crippen molar-refractivity contribution in [2.24, 2.45) is 23.2 Å². The van der Waals surface area contributed by atoms with E-state index in [1.54, 1.807) is 0 Å². The lowest BCUT2D eigenvalue weighted by Crippen LogP contribution is -2.54. The van der Waals surface area contributed by atoms with Crippen LogP contribution >= 0.6 is 0 Å². The van der Waals surface area contributed by atoms with Gasteiger partial charge in [-0.05, 0) is 68.4 Å². The molecule has 5 rings (SSSR count). The molecule has 1 aromatic rings. The Kier molecular flexibility index (Phi) is 5.44. The number of rotatable bonds is 7. The molecule has 4 saturated carbocycles. The highest BCUT2D eigenvalue weighted by atomic mass is 16.6. The summed E-state index contributed by atoms with van der Waals surface area (Å²) in [5.41, 5.74) is -0.0616. The molecule has 2 N–H and O–H groups in total. The number of nitro benzene ring substituents is 1. The van der Waals surface area contributed by atoms with Gasteiger partial charge in [-0.25, -0.2) is 0 Å². The van der Waals surface area contributed by atoms with E-state index >= 15 is 0 Å². The van der Waals surface area contributed by atoms with Crippen molar-refractivity contribution < 1.29 is 24.0 Å². The van der Waals surface area contributed by atoms with Crippen LogP contribution in [0.5, 0.6) is 0 Å². The Morgan fingerprint density at radius 2 is 1.60 bits per heavy atom. The third-order valence-electron chi connectivity index (χ3n) is 6.64. The molecule has 0 heterocycles. The number of hydrogen-bond donors (Lipinski definition) is 2. The Morgan fingerprint density at radius 1 is 1.03 bits per heavy atom. The van der Waals surface area contributed by atoms with Gasteiger partial charge in [-0.15, -0.1) is 0 Å². The Morgan fingerprint density at radius 3 is 2.13 bits per heavy atom. The predicted octanol–water partition coefficient (Wildman–Crippen LogP) is 2.41. The molecular formula is C21H25N3O6. The topological polar surface area (TPSA) is 128 Å². The Bertz CT molecular complexity index is 831. The molecule has 4 bridgehead atoms. The predicted molar refractivity (Wildman–Crippen MR) is 106 cm³/mol. The van der Waals surface area contributed by atoms with E-state index in [-0.39, 0.29) is 23.6 Å². The highest BCUT2D eigenvalue weighted by Crippen LogP contribution is 2.60. The van der Waals surface area contributed by atoms with Gasteiger partial charge in [0.15, 0.2) is 6.61 Å². The second-order valence-corrected chi connectivity index (χ2v) is 8.89. The summed E-state index contributed by atoms with van der Waals surface area (Å²) < 4.78 is 4.93. The molecule has 4 aliphatic carbocycles. The van der Waals surface area contributed by atoms with Crippen LogP contribution in [-0.4, -0.2) is 35.9 Å². The second kappa shape index (κ2) is 8.04. The molecule has 0 aliphatic heterocycles. The maximum atomic E-state index is 12.8. The zero-order valence-corrected chi connectivity index (χ0v) is 16.6. The van der Waals surface area contributed by atoms with E-state index in [0.29, 0.717) is 23.4 Å². The molecule has 9 heteroatoms. The van der Waals surface area contributed by atoms with Crippen LogP contribution in [0, 0.1) is 33.3 Å². The number of nitro groups is 1. The number of hydrogen-bond acceptors (Lipinski definition) is 6. The molecule has 9 nitrogen and oxygen atoms in total. The van der Waals surface area contributed by atoms with Crippen LogP contribution in [0.25, 0.3) is 0 Å². The van der Waals surface area contributed by atoms with Gasteiger partial charge >= 0.3 is 5.97 Å². The zero-order chi connectivity index (χ0) is 21.3. The van der Waals surface area contributed by atoms with Gasteiger partial charge in [0, 0.05) is 23.2 Å². The molecule has 0 unspecified atom stereocenters. The lowest BCUT2D eigenvalue weighted by molar-refractivity contribution is -0.384. The number of non-ortho nitro benzene ring substituents is 1. The highest BCUT2D eigenvalue weighted by molar-refractivity contribution is 5.93. The summed E-state index contributed by atoms with van der Waals surface area (Å²) in [6.07, 6.45) is 6.45. The van der Waals surface area contributed by atoms with Crippen LogP contribution in [0.1, 0.15) is 38.5 Å². The monoisotopic (exact) mass is 415 g/mol. The van der Waals surface area contributed by atoms with Gasteiger partial charge in [-0.1, -0.05) is 0 Å². The fourth-order valence-electron chi connectivity index (χ4n) is 5.79. The first kappa shape index (κ1) is 20.3. The fraction of sp³-hybridized carbons (Fsp3) is 0.571. The first-order valence-electron chi connectivity index (χ1n) is 10.3. The van der Waals surface area contributed by atoms with Gasteiger partial charge in [-0.2, -0.15) is 0 Å². The van der Waals surface area contributed by atoms with Crippen LogP contribution < -0.4 is 10.6 Å². The van der Waals surface area contributed by atoms with E-state index < -0.39 is 23.4 Å². The molecule has 160 valence electrons. The Labute approximate surface area is 173 Å². The molecule has 1 aromatic carbocycles. The standard InChI is InChI=1S/C21H25N3O6/c25-18(23-16-1-3-17(4-2-16)24(28)29)12-30-19(26)11-22-20(27)21-8-13-5-14(9-21)7-15(6-13)10-21/h1-4,13-15H,5-12H2,(H,22,27)(H,23,25). The SMILES string of the molecule is O=C(COC(=O)CNC(=O)C12CC3CC(CC(C3)C1)C2)Nc1ccc([N+](=O)[O-])cc1. The number of carbonyl (C=O) groups excluding carboxylic acids is 3. The van der Waals surface area contributed by atoms with Gasteiger partial charge in [0.1, 0.15) is 6.54 Å². The highest BCUT2D eigenvalue weighted by Gasteiger charge is 2.54. The Hall–Kier alpha value is -2.97. The number of esters is 1. The molecule has 0 atom stereocenters. The molecule has 4 fully saturated rings. The lowest BCUT2D eigenvalue weighted by atomic mass is 9.49. The number of nitrogens with one attached hydrogen (secondary N) is 2. The molecule has 0 aromatic heterocycles. The third-order valence-corrected chi connectivity index (χ3v) is 6.64. The van der Waals surface area contributed by atoms with Crippen molar-refractivity contribution in [1.29, 1.82) is 0 Å². The van der Waals surface area contributed by atoms with E-state index in [9.17, 15) is 24.5 Å². The lowest BCUT2D eigenvalue weighted by Gasteiger charge is -2.55. The maximum Gasteiger partial charge on any atom is 0.325 e. The summed E-state index contributed by atoms with van der Waals surface area (Å²) >= 11 is 0. The summed E-state index contributed by atoms with van der Waals surface area (Å²) in [5.74, 6) is 0.608. The molecule has 2 amide bonds. The minimum Gasteiger partial charge on any atom is -0.454 e. The van der Waals surface area contributed by atoms with Crippen molar-refractivity contribution in [3.8, 4) is 0 Å². The van der Waals surface area contributed by atoms with E-state index in [0.717, 1.165) is 19.3 Å². The third kappa shape index (κ3) is 4.29. The van der Waals surface area contributed by atoms with E-state index in [4.69, 9.17) is 4.74 Å². The molecular weight excluding hydrogens is 390 g/mol. The van der Waals surface area contributed by atoms with Crippen molar-refractivity contribution in [2.75, 3.05) is 18.5 Å². The molecule has 0 spiro atoms. The van der Waals surface area contributed by atoms with Crippen LogP contribution in [0.2, 0.25) is 0 Å². The average Bonchev–Trinajstić information content (AvgIpc) is 2.70. The van der Waals surface area contributed by atoms with Crippen molar-refractivity contribution in [2.45, 2.75) is 38.5 Å². The first-order valence-corrected chi connectivity index (χ1v) is 10.3. The van der Waals surface area contributed by atoms with Crippen molar-refractivity contribution in [3.05, 3.63) is 34.4 Å². The zero-order valence-electron chi connectivity index (χ0n) is 16.6. The largest absolute Gasteiger partial charge is 0.454 e. The van der Waals surface area contributed by atoms with Crippen LogP contribution in [0.3, 0.4) is 0 Å². The van der Waals surface area contributed by atoms with Crippen LogP contribution in [-0.2, 0) is 19.1 Å². The summed E-state index contributed by atoms with van der Waals surface area (Å²) in [4.78, 5) is 46.8. The minimum atomic E-state index is -0.674. The number of carbonyl (C=O) groups is 3. The summed E-state index contributed by atoms with van der Waals surface area (Å²) in [7, 11) is 0. The van der Waals surface area contributed by atoms with Crippen molar-refractivity contribution in [1.82, 2.24) is 5.32 Å². The summed E-state index contributed by atoms with van der Waals surface area (Å²) in [6, 6.07) is 5.32. The van der Waals surface area contributed by atoms with Crippen LogP contribution in [0.15, 0.2) is 24.3 Å². The molecule has 4 aliphatic rings. The van der Waals surface area contributed by atoms with E-state index in [2.05, 4.69) is 10.6 Å². The normalized spacial score (nSPS) is 28.6. The number of ether oxygens (including phenoxy) is 1. The quantitative estimate of drug-likeness (QED) is 0.400. The fourth-order valence-corrected chi connectivity index (χ4v) is 5.79. The number of anilines is 1. The van der Waals surface area contributed by atoms with Gasteiger partial charge in [0.25, 0.3) is 11.6 Å². The van der Waals surface area contributed by atoms with Gasteiger partial charge in [0.2, 0.25) is 5.91 Å². The van der Waals surface area contributed by atoms with Crippen molar-refractivity contribution >= 4 is 29.2 Å². The number of benzene rings is 1. The number of nitrogens with zero attached hydrogens (tertiary/aromatic N) is 1.